The van der Waals surface area contributed by atoms with Crippen LogP contribution in [0.25, 0.3) is 5.65 Å². The van der Waals surface area contributed by atoms with Crippen molar-refractivity contribution < 1.29 is 22.7 Å². The monoisotopic (exact) mass is 378 g/mol. The molecule has 0 fully saturated rings. The molecular weight excluding hydrogens is 365 g/mol. The molecule has 0 radical (unpaired) electrons. The summed E-state index contributed by atoms with van der Waals surface area (Å²) in [6, 6.07) is 6.54. The third kappa shape index (κ3) is 3.25. The Kier molecular flexibility index (Phi) is 3.90. The van der Waals surface area contributed by atoms with Gasteiger partial charge in [-0.3, -0.25) is 14.7 Å². The minimum atomic E-state index is -4.84. The summed E-state index contributed by atoms with van der Waals surface area (Å²) in [5.41, 5.74) is 1.26. The van der Waals surface area contributed by atoms with Crippen molar-refractivity contribution >= 4 is 11.6 Å². The first kappa shape index (κ1) is 17.1. The summed E-state index contributed by atoms with van der Waals surface area (Å²) in [6.07, 6.45) is -2.87. The summed E-state index contributed by atoms with van der Waals surface area (Å²) in [4.78, 5) is 31.1. The second-order valence-corrected chi connectivity index (χ2v) is 6.05. The van der Waals surface area contributed by atoms with E-state index in [2.05, 4.69) is 14.8 Å². The van der Waals surface area contributed by atoms with Gasteiger partial charge < -0.3 is 9.64 Å². The molecule has 0 spiro atoms. The molecule has 27 heavy (non-hydrogen) atoms. The molecule has 1 N–H and O–H groups in total. The van der Waals surface area contributed by atoms with E-state index in [0.717, 1.165) is 12.1 Å². The number of nitrogens with one attached hydrogen (secondary N) is 1. The van der Waals surface area contributed by atoms with E-state index in [-0.39, 0.29) is 17.7 Å². The van der Waals surface area contributed by atoms with Crippen molar-refractivity contribution in [3.8, 4) is 5.75 Å². The summed E-state index contributed by atoms with van der Waals surface area (Å²) in [5.74, 6) is -0.954. The number of H-pyrrole nitrogens is 1. The molecule has 7 nitrogen and oxygen atoms in total. The molecule has 140 valence electrons. The van der Waals surface area contributed by atoms with Gasteiger partial charge in [-0.25, -0.2) is 9.50 Å². The first-order valence-electron chi connectivity index (χ1n) is 8.05. The molecule has 0 saturated carbocycles. The highest BCUT2D eigenvalue weighted by molar-refractivity contribution is 5.94. The van der Waals surface area contributed by atoms with E-state index in [4.69, 9.17) is 0 Å². The van der Waals surface area contributed by atoms with Crippen LogP contribution >= 0.6 is 0 Å². The minimum Gasteiger partial charge on any atom is -0.406 e. The maximum atomic E-state index is 12.7. The third-order valence-electron chi connectivity index (χ3n) is 4.29. The van der Waals surface area contributed by atoms with Crippen LogP contribution in [0.3, 0.4) is 0 Å². The smallest absolute Gasteiger partial charge is 0.406 e. The normalized spacial score (nSPS) is 14.3. The predicted molar refractivity (Wildman–Crippen MR) is 87.4 cm³/mol. The third-order valence-corrected chi connectivity index (χ3v) is 4.29. The molecular formula is C17H13F3N4O3. The van der Waals surface area contributed by atoms with Crippen molar-refractivity contribution in [2.45, 2.75) is 19.3 Å². The highest BCUT2D eigenvalue weighted by atomic mass is 19.4. The lowest BCUT2D eigenvalue weighted by Gasteiger charge is -2.28. The standard InChI is InChI=1S/C17H13F3N4O3/c18-17(19,20)27-11-3-1-2-10(8-11)15(25)23-7-5-13-12(9-23)16(26)24-14(22-13)4-6-21-24/h1-4,6,8,21H,5,7,9H2. The molecule has 0 aliphatic carbocycles. The van der Waals surface area contributed by atoms with Gasteiger partial charge in [-0.05, 0) is 18.2 Å². The molecule has 0 saturated heterocycles. The molecule has 0 atom stereocenters. The Balaban J connectivity index is 1.61. The Morgan fingerprint density at radius 3 is 2.85 bits per heavy atom. The maximum absolute atomic E-state index is 12.7. The zero-order valence-electron chi connectivity index (χ0n) is 13.8. The summed E-state index contributed by atoms with van der Waals surface area (Å²) >= 11 is 0. The number of alkyl halides is 3. The number of halogens is 3. The highest BCUT2D eigenvalue weighted by Gasteiger charge is 2.32. The highest BCUT2D eigenvalue weighted by Crippen LogP contribution is 2.24. The zero-order chi connectivity index (χ0) is 19.2. The molecule has 2 aromatic heterocycles. The molecule has 1 aliphatic heterocycles. The van der Waals surface area contributed by atoms with E-state index in [1.54, 1.807) is 12.3 Å². The van der Waals surface area contributed by atoms with Crippen molar-refractivity contribution in [3.63, 3.8) is 0 Å². The SMILES string of the molecule is O=C(c1cccc(OC(F)(F)F)c1)N1CCc2nc3cc[nH]n3c(=O)c2C1. The van der Waals surface area contributed by atoms with Crippen molar-refractivity contribution in [1.82, 2.24) is 19.5 Å². The summed E-state index contributed by atoms with van der Waals surface area (Å²) in [6.45, 7) is 0.343. The lowest BCUT2D eigenvalue weighted by Crippen LogP contribution is -2.40. The number of amides is 1. The van der Waals surface area contributed by atoms with E-state index in [0.29, 0.717) is 29.9 Å². The van der Waals surface area contributed by atoms with E-state index >= 15 is 0 Å². The topological polar surface area (TPSA) is 79.7 Å². The number of carbonyl (C=O) groups excluding carboxylic acids is 1. The Hall–Kier alpha value is -3.30. The zero-order valence-corrected chi connectivity index (χ0v) is 13.8. The lowest BCUT2D eigenvalue weighted by atomic mass is 10.1. The lowest BCUT2D eigenvalue weighted by molar-refractivity contribution is -0.274. The number of hydrogen-bond donors (Lipinski definition) is 1. The largest absolute Gasteiger partial charge is 0.573 e. The van der Waals surface area contributed by atoms with Crippen LogP contribution in [0, 0.1) is 0 Å². The van der Waals surface area contributed by atoms with Crippen molar-refractivity contribution in [2.24, 2.45) is 0 Å². The molecule has 4 rings (SSSR count). The molecule has 0 unspecified atom stereocenters. The number of fused-ring (bicyclic) bond motifs is 2. The fraction of sp³-hybridized carbons (Fsp3) is 0.235. The Labute approximate surface area is 150 Å². The minimum absolute atomic E-state index is 0.0340. The fourth-order valence-corrected chi connectivity index (χ4v) is 3.10. The molecule has 10 heteroatoms. The van der Waals surface area contributed by atoms with Crippen LogP contribution in [0.15, 0.2) is 41.3 Å². The van der Waals surface area contributed by atoms with Crippen LogP contribution < -0.4 is 10.3 Å². The quantitative estimate of drug-likeness (QED) is 0.741. The second kappa shape index (κ2) is 6.15. The number of hydrogen-bond acceptors (Lipinski definition) is 4. The van der Waals surface area contributed by atoms with E-state index in [1.165, 1.54) is 21.5 Å². The Morgan fingerprint density at radius 2 is 2.07 bits per heavy atom. The summed E-state index contributed by atoms with van der Waals surface area (Å²) in [5, 5.41) is 2.76. The Bertz CT molecular complexity index is 1090. The Morgan fingerprint density at radius 1 is 1.26 bits per heavy atom. The van der Waals surface area contributed by atoms with E-state index < -0.39 is 18.0 Å². The molecule has 1 aromatic carbocycles. The van der Waals surface area contributed by atoms with Crippen molar-refractivity contribution in [1.29, 1.82) is 0 Å². The number of ether oxygens (including phenoxy) is 1. The summed E-state index contributed by atoms with van der Waals surface area (Å²) < 4.78 is 42.3. The number of nitrogens with zero attached hydrogens (tertiary/aromatic N) is 3. The van der Waals surface area contributed by atoms with Gasteiger partial charge in [-0.2, -0.15) is 0 Å². The van der Waals surface area contributed by atoms with Crippen molar-refractivity contribution in [3.05, 3.63) is 63.7 Å². The average molecular weight is 378 g/mol. The van der Waals surface area contributed by atoms with Gasteiger partial charge in [0.2, 0.25) is 0 Å². The van der Waals surface area contributed by atoms with Crippen LogP contribution in [0.2, 0.25) is 0 Å². The maximum Gasteiger partial charge on any atom is 0.573 e. The first-order chi connectivity index (χ1) is 12.8. The van der Waals surface area contributed by atoms with Crippen LogP contribution in [0.5, 0.6) is 5.75 Å². The van der Waals surface area contributed by atoms with Gasteiger partial charge in [0.05, 0.1) is 17.8 Å². The summed E-state index contributed by atoms with van der Waals surface area (Å²) in [7, 11) is 0. The molecule has 1 aliphatic rings. The van der Waals surface area contributed by atoms with Crippen LogP contribution in [0.1, 0.15) is 21.6 Å². The van der Waals surface area contributed by atoms with Crippen LogP contribution in [-0.4, -0.2) is 38.3 Å². The van der Waals surface area contributed by atoms with Crippen LogP contribution in [0.4, 0.5) is 13.2 Å². The molecule has 0 bridgehead atoms. The van der Waals surface area contributed by atoms with Gasteiger partial charge in [0.15, 0.2) is 5.65 Å². The number of aromatic amines is 1. The molecule has 3 aromatic rings. The van der Waals surface area contributed by atoms with Gasteiger partial charge in [-0.1, -0.05) is 6.07 Å². The molecule has 3 heterocycles. The van der Waals surface area contributed by atoms with Gasteiger partial charge >= 0.3 is 6.36 Å². The first-order valence-corrected chi connectivity index (χ1v) is 8.05. The van der Waals surface area contributed by atoms with Gasteiger partial charge in [0.1, 0.15) is 5.75 Å². The number of carbonyl (C=O) groups is 1. The van der Waals surface area contributed by atoms with Gasteiger partial charge in [-0.15, -0.1) is 13.2 Å². The van der Waals surface area contributed by atoms with E-state index in [9.17, 15) is 22.8 Å². The number of rotatable bonds is 2. The van der Waals surface area contributed by atoms with Crippen molar-refractivity contribution in [2.75, 3.05) is 6.54 Å². The number of benzene rings is 1. The molecule has 1 amide bonds. The average Bonchev–Trinajstić information content (AvgIpc) is 3.08. The van der Waals surface area contributed by atoms with E-state index in [1.807, 2.05) is 0 Å². The second-order valence-electron chi connectivity index (χ2n) is 6.05. The fourth-order valence-electron chi connectivity index (χ4n) is 3.10. The predicted octanol–water partition coefficient (Wildman–Crippen LogP) is 2.12. The number of aromatic nitrogens is 3. The van der Waals surface area contributed by atoms with Crippen LogP contribution in [-0.2, 0) is 13.0 Å². The van der Waals surface area contributed by atoms with Gasteiger partial charge in [0.25, 0.3) is 11.5 Å². The van der Waals surface area contributed by atoms with Gasteiger partial charge in [0, 0.05) is 30.8 Å².